The lowest BCUT2D eigenvalue weighted by Gasteiger charge is -2.34. The molecule has 0 heterocycles. The van der Waals surface area contributed by atoms with Crippen LogP contribution < -0.4 is 5.32 Å². The lowest BCUT2D eigenvalue weighted by molar-refractivity contribution is -0.174. The van der Waals surface area contributed by atoms with E-state index in [9.17, 15) is 13.2 Å². The summed E-state index contributed by atoms with van der Waals surface area (Å²) >= 11 is 0. The van der Waals surface area contributed by atoms with E-state index in [1.807, 2.05) is 0 Å². The van der Waals surface area contributed by atoms with Crippen LogP contribution >= 0.6 is 0 Å². The van der Waals surface area contributed by atoms with Gasteiger partial charge in [0.1, 0.15) is 6.61 Å². The molecule has 0 spiro atoms. The van der Waals surface area contributed by atoms with Crippen molar-refractivity contribution in [2.24, 2.45) is 11.3 Å². The largest absolute Gasteiger partial charge is 0.411 e. The quantitative estimate of drug-likeness (QED) is 0.703. The maximum absolute atomic E-state index is 11.9. The first-order valence-electron chi connectivity index (χ1n) is 7.21. The van der Waals surface area contributed by atoms with Gasteiger partial charge in [-0.15, -0.1) is 0 Å². The fourth-order valence-electron chi connectivity index (χ4n) is 1.89. The Morgan fingerprint density at radius 2 is 1.55 bits per heavy atom. The number of hydrogen-bond acceptors (Lipinski definition) is 2. The molecule has 0 aromatic carbocycles. The molecule has 122 valence electrons. The van der Waals surface area contributed by atoms with Crippen LogP contribution in [0.15, 0.2) is 0 Å². The normalized spacial score (nSPS) is 15.4. The first-order valence-corrected chi connectivity index (χ1v) is 7.21. The molecule has 20 heavy (non-hydrogen) atoms. The third-order valence-corrected chi connectivity index (χ3v) is 3.21. The number of rotatable bonds is 7. The highest BCUT2D eigenvalue weighted by atomic mass is 19.4. The average molecular weight is 297 g/mol. The molecule has 0 aliphatic rings. The van der Waals surface area contributed by atoms with E-state index in [1.54, 1.807) is 0 Å². The molecule has 0 aliphatic carbocycles. The second-order valence-electron chi connectivity index (χ2n) is 7.50. The summed E-state index contributed by atoms with van der Waals surface area (Å²) in [5, 5.41) is 3.47. The fourth-order valence-corrected chi connectivity index (χ4v) is 1.89. The maximum atomic E-state index is 11.9. The Bertz CT molecular complexity index is 264. The Morgan fingerprint density at radius 3 is 1.95 bits per heavy atom. The highest BCUT2D eigenvalue weighted by molar-refractivity contribution is 4.80. The minimum atomic E-state index is -4.22. The van der Waals surface area contributed by atoms with Crippen molar-refractivity contribution in [3.63, 3.8) is 0 Å². The molecule has 1 unspecified atom stereocenters. The zero-order valence-electron chi connectivity index (χ0n) is 13.7. The molecule has 0 aromatic heterocycles. The minimum Gasteiger partial charge on any atom is -0.372 e. The zero-order chi connectivity index (χ0) is 16.0. The van der Waals surface area contributed by atoms with Crippen LogP contribution in [0.5, 0.6) is 0 Å². The smallest absolute Gasteiger partial charge is 0.372 e. The molecule has 1 atom stereocenters. The summed E-state index contributed by atoms with van der Waals surface area (Å²) in [5.41, 5.74) is 0.179. The first-order chi connectivity index (χ1) is 8.81. The molecular formula is C15H30F3NO. The second kappa shape index (κ2) is 7.64. The molecule has 0 saturated carbocycles. The summed E-state index contributed by atoms with van der Waals surface area (Å²) in [5.74, 6) is 0.413. The van der Waals surface area contributed by atoms with Crippen molar-refractivity contribution in [3.05, 3.63) is 0 Å². The fraction of sp³-hybridized carbons (Fsp3) is 1.00. The summed E-state index contributed by atoms with van der Waals surface area (Å²) in [6.07, 6.45) is -2.70. The van der Waals surface area contributed by atoms with E-state index in [1.165, 1.54) is 0 Å². The lowest BCUT2D eigenvalue weighted by atomic mass is 9.78. The van der Waals surface area contributed by atoms with Gasteiger partial charge in [0.2, 0.25) is 0 Å². The van der Waals surface area contributed by atoms with E-state index in [4.69, 9.17) is 0 Å². The van der Waals surface area contributed by atoms with Crippen LogP contribution in [0.3, 0.4) is 0 Å². The van der Waals surface area contributed by atoms with Crippen molar-refractivity contribution in [1.82, 2.24) is 5.32 Å². The summed E-state index contributed by atoms with van der Waals surface area (Å²) in [6.45, 7) is 12.7. The first kappa shape index (κ1) is 19.7. The Balaban J connectivity index is 4.07. The van der Waals surface area contributed by atoms with Gasteiger partial charge >= 0.3 is 6.18 Å². The van der Waals surface area contributed by atoms with Gasteiger partial charge in [-0.05, 0) is 51.5 Å². The van der Waals surface area contributed by atoms with Gasteiger partial charge in [-0.2, -0.15) is 13.2 Å². The molecule has 1 N–H and O–H groups in total. The van der Waals surface area contributed by atoms with Gasteiger partial charge < -0.3 is 10.1 Å². The number of ether oxygens (including phenoxy) is 1. The summed E-state index contributed by atoms with van der Waals surface area (Å²) in [6, 6.07) is 0. The molecule has 0 amide bonds. The van der Waals surface area contributed by atoms with E-state index >= 15 is 0 Å². The van der Waals surface area contributed by atoms with E-state index < -0.39 is 12.8 Å². The van der Waals surface area contributed by atoms with Crippen LogP contribution in [-0.2, 0) is 4.74 Å². The molecule has 2 nitrogen and oxygen atoms in total. The third kappa shape index (κ3) is 11.5. The Hall–Kier alpha value is -0.290. The molecule has 0 rings (SSSR count). The van der Waals surface area contributed by atoms with Gasteiger partial charge in [0.25, 0.3) is 0 Å². The predicted molar refractivity (Wildman–Crippen MR) is 76.8 cm³/mol. The number of alkyl halides is 3. The predicted octanol–water partition coefficient (Wildman–Crippen LogP) is 4.40. The molecular weight excluding hydrogens is 267 g/mol. The Morgan fingerprint density at radius 1 is 1.00 bits per heavy atom. The van der Waals surface area contributed by atoms with Crippen molar-refractivity contribution in [3.8, 4) is 0 Å². The van der Waals surface area contributed by atoms with E-state index in [0.717, 1.165) is 13.0 Å². The maximum Gasteiger partial charge on any atom is 0.411 e. The van der Waals surface area contributed by atoms with Gasteiger partial charge in [-0.1, -0.05) is 20.8 Å². The summed E-state index contributed by atoms with van der Waals surface area (Å²) in [7, 11) is 0. The van der Waals surface area contributed by atoms with E-state index in [-0.39, 0.29) is 17.6 Å². The van der Waals surface area contributed by atoms with Gasteiger partial charge in [0, 0.05) is 12.1 Å². The van der Waals surface area contributed by atoms with Crippen LogP contribution in [0.4, 0.5) is 13.2 Å². The molecule has 0 aromatic rings. The molecule has 0 saturated heterocycles. The molecule has 0 aliphatic heterocycles. The van der Waals surface area contributed by atoms with Crippen LogP contribution in [-0.4, -0.2) is 31.5 Å². The molecule has 5 heteroatoms. The van der Waals surface area contributed by atoms with Gasteiger partial charge in [0.15, 0.2) is 0 Å². The lowest BCUT2D eigenvalue weighted by Crippen LogP contribution is -2.42. The van der Waals surface area contributed by atoms with Crippen molar-refractivity contribution in [2.75, 3.05) is 19.8 Å². The highest BCUT2D eigenvalue weighted by Gasteiger charge is 2.28. The van der Waals surface area contributed by atoms with Crippen LogP contribution in [0.2, 0.25) is 0 Å². The third-order valence-electron chi connectivity index (χ3n) is 3.21. The number of halogens is 3. The van der Waals surface area contributed by atoms with Crippen LogP contribution in [0.25, 0.3) is 0 Å². The standard InChI is InChI=1S/C15H30F3NO/c1-13(2,3)12(10-19-14(4,5)6)8-7-9-20-11-15(16,17)18/h12,19H,7-11H2,1-6H3. The summed E-state index contributed by atoms with van der Waals surface area (Å²) in [4.78, 5) is 0. The van der Waals surface area contributed by atoms with Crippen LogP contribution in [0.1, 0.15) is 54.4 Å². The van der Waals surface area contributed by atoms with Gasteiger partial charge in [-0.3, -0.25) is 0 Å². The monoisotopic (exact) mass is 297 g/mol. The van der Waals surface area contributed by atoms with Crippen molar-refractivity contribution < 1.29 is 17.9 Å². The topological polar surface area (TPSA) is 21.3 Å². The zero-order valence-corrected chi connectivity index (χ0v) is 13.7. The number of nitrogens with one attached hydrogen (secondary N) is 1. The number of hydrogen-bond donors (Lipinski definition) is 1. The van der Waals surface area contributed by atoms with Crippen molar-refractivity contribution in [1.29, 1.82) is 0 Å². The molecule has 0 bridgehead atoms. The second-order valence-corrected chi connectivity index (χ2v) is 7.50. The van der Waals surface area contributed by atoms with Crippen molar-refractivity contribution >= 4 is 0 Å². The van der Waals surface area contributed by atoms with Gasteiger partial charge in [0.05, 0.1) is 0 Å². The van der Waals surface area contributed by atoms with E-state index in [0.29, 0.717) is 12.3 Å². The van der Waals surface area contributed by atoms with Crippen molar-refractivity contribution in [2.45, 2.75) is 66.1 Å². The molecule has 0 fully saturated rings. The Labute approximate surface area is 121 Å². The average Bonchev–Trinajstić information content (AvgIpc) is 2.16. The van der Waals surface area contributed by atoms with Crippen LogP contribution in [0, 0.1) is 11.3 Å². The summed E-state index contributed by atoms with van der Waals surface area (Å²) < 4.78 is 40.5. The SMILES string of the molecule is CC(C)(C)NCC(CCCOCC(F)(F)F)C(C)(C)C. The van der Waals surface area contributed by atoms with E-state index in [2.05, 4.69) is 51.6 Å². The molecule has 0 radical (unpaired) electrons. The minimum absolute atomic E-state index is 0.0519. The highest BCUT2D eigenvalue weighted by Crippen LogP contribution is 2.29. The Kier molecular flexibility index (Phi) is 7.53. The van der Waals surface area contributed by atoms with Gasteiger partial charge in [-0.25, -0.2) is 0 Å².